The second kappa shape index (κ2) is 4.09. The number of carbonyl (C=O) groups excluding carboxylic acids is 3. The van der Waals surface area contributed by atoms with E-state index in [1.54, 1.807) is 6.08 Å². The number of allylic oxidation sites excluding steroid dienone is 2. The molecule has 1 aliphatic heterocycles. The Balaban J connectivity index is 1.80. The van der Waals surface area contributed by atoms with Crippen molar-refractivity contribution in [2.24, 2.45) is 28.1 Å². The molecular formula is C20H22O4. The summed E-state index contributed by atoms with van der Waals surface area (Å²) >= 11 is 0. The second-order valence-electron chi connectivity index (χ2n) is 8.73. The summed E-state index contributed by atoms with van der Waals surface area (Å²) in [5.74, 6) is -0.496. The number of rotatable bonds is 0. The Hall–Kier alpha value is -1.71. The standard InChI is InChI=1S/C20H22O4/c1-11-12-4-7-20(16(11)22)14(8-12)19-6-3-5-18(2,10-24-17(19)23)13(19)9-15(20)21/h9,12,14H,1,3-8,10H2,2H3/t12-,14?,18-,19-,20+/m0/s1. The van der Waals surface area contributed by atoms with E-state index in [4.69, 9.17) is 4.74 Å². The molecule has 6 rings (SSSR count). The van der Waals surface area contributed by atoms with E-state index in [2.05, 4.69) is 13.5 Å². The zero-order valence-electron chi connectivity index (χ0n) is 14.0. The molecule has 5 atom stereocenters. The van der Waals surface area contributed by atoms with Crippen LogP contribution in [0.3, 0.4) is 0 Å². The molecule has 4 saturated carbocycles. The van der Waals surface area contributed by atoms with E-state index < -0.39 is 10.8 Å². The lowest BCUT2D eigenvalue weighted by Crippen LogP contribution is -2.67. The van der Waals surface area contributed by atoms with Gasteiger partial charge in [-0.05, 0) is 61.2 Å². The lowest BCUT2D eigenvalue weighted by atomic mass is 9.38. The number of Topliss-reactive ketones (excluding diaryl/α,β-unsaturated/α-hetero) is 1. The lowest BCUT2D eigenvalue weighted by molar-refractivity contribution is -0.187. The molecule has 5 aliphatic carbocycles. The van der Waals surface area contributed by atoms with Crippen molar-refractivity contribution in [2.75, 3.05) is 6.61 Å². The normalized spacial score (nSPS) is 49.3. The van der Waals surface area contributed by atoms with Crippen LogP contribution in [0.25, 0.3) is 0 Å². The molecule has 5 fully saturated rings. The average molecular weight is 326 g/mol. The predicted molar refractivity (Wildman–Crippen MR) is 85.9 cm³/mol. The summed E-state index contributed by atoms with van der Waals surface area (Å²) in [6.07, 6.45) is 6.38. The van der Waals surface area contributed by atoms with E-state index in [0.717, 1.165) is 31.3 Å². The van der Waals surface area contributed by atoms with Crippen molar-refractivity contribution in [3.05, 3.63) is 23.8 Å². The molecule has 1 unspecified atom stereocenters. The van der Waals surface area contributed by atoms with Crippen LogP contribution in [-0.4, -0.2) is 24.1 Å². The minimum atomic E-state index is -1.05. The van der Waals surface area contributed by atoms with E-state index >= 15 is 0 Å². The number of fused-ring (bicyclic) bond motifs is 2. The Morgan fingerprint density at radius 3 is 2.75 bits per heavy atom. The molecule has 1 saturated heterocycles. The van der Waals surface area contributed by atoms with Gasteiger partial charge in [-0.3, -0.25) is 14.4 Å². The SMILES string of the molecule is C=C1C(=O)[C@]23CC[C@H]1CC2[C@@]12CCC[C@@](C)(COC1=O)C2=CC3=O. The quantitative estimate of drug-likeness (QED) is 0.390. The maximum atomic E-state index is 13.2. The van der Waals surface area contributed by atoms with Gasteiger partial charge in [-0.15, -0.1) is 0 Å². The van der Waals surface area contributed by atoms with Crippen molar-refractivity contribution >= 4 is 17.5 Å². The summed E-state index contributed by atoms with van der Waals surface area (Å²) in [4.78, 5) is 39.3. The highest BCUT2D eigenvalue weighted by Crippen LogP contribution is 2.69. The number of ketones is 2. The molecule has 4 nitrogen and oxygen atoms in total. The Kier molecular flexibility index (Phi) is 2.49. The third-order valence-corrected chi connectivity index (χ3v) is 7.82. The summed E-state index contributed by atoms with van der Waals surface area (Å²) in [5.41, 5.74) is -0.496. The third kappa shape index (κ3) is 1.30. The Morgan fingerprint density at radius 2 is 1.96 bits per heavy atom. The topological polar surface area (TPSA) is 60.4 Å². The van der Waals surface area contributed by atoms with Crippen LogP contribution in [0.5, 0.6) is 0 Å². The van der Waals surface area contributed by atoms with Gasteiger partial charge in [0, 0.05) is 5.41 Å². The molecule has 4 heteroatoms. The zero-order valence-corrected chi connectivity index (χ0v) is 14.0. The number of esters is 1. The van der Waals surface area contributed by atoms with Crippen LogP contribution in [0.4, 0.5) is 0 Å². The number of hydrogen-bond donors (Lipinski definition) is 0. The summed E-state index contributed by atoms with van der Waals surface area (Å²) in [5, 5.41) is 0. The largest absolute Gasteiger partial charge is 0.464 e. The molecule has 4 bridgehead atoms. The zero-order chi connectivity index (χ0) is 16.9. The van der Waals surface area contributed by atoms with E-state index in [1.165, 1.54) is 0 Å². The van der Waals surface area contributed by atoms with Gasteiger partial charge < -0.3 is 4.74 Å². The Bertz CT molecular complexity index is 762. The highest BCUT2D eigenvalue weighted by Gasteiger charge is 2.73. The lowest BCUT2D eigenvalue weighted by Gasteiger charge is -2.63. The van der Waals surface area contributed by atoms with Gasteiger partial charge in [0.15, 0.2) is 11.6 Å². The fourth-order valence-electron chi connectivity index (χ4n) is 6.62. The van der Waals surface area contributed by atoms with Crippen molar-refractivity contribution in [3.63, 3.8) is 0 Å². The fourth-order valence-corrected chi connectivity index (χ4v) is 6.62. The molecule has 0 amide bonds. The predicted octanol–water partition coefficient (Wildman–Crippen LogP) is 2.77. The van der Waals surface area contributed by atoms with Gasteiger partial charge in [-0.1, -0.05) is 19.9 Å². The highest BCUT2D eigenvalue weighted by molar-refractivity contribution is 6.20. The molecule has 1 heterocycles. The summed E-state index contributed by atoms with van der Waals surface area (Å²) in [7, 11) is 0. The van der Waals surface area contributed by atoms with Crippen LogP contribution in [0, 0.1) is 28.1 Å². The van der Waals surface area contributed by atoms with Crippen LogP contribution in [0.1, 0.15) is 45.4 Å². The molecule has 126 valence electrons. The second-order valence-corrected chi connectivity index (χ2v) is 8.73. The van der Waals surface area contributed by atoms with Gasteiger partial charge in [-0.25, -0.2) is 0 Å². The van der Waals surface area contributed by atoms with Crippen molar-refractivity contribution in [3.8, 4) is 0 Å². The van der Waals surface area contributed by atoms with Gasteiger partial charge in [0.2, 0.25) is 0 Å². The van der Waals surface area contributed by atoms with Crippen LogP contribution >= 0.6 is 0 Å². The Morgan fingerprint density at radius 1 is 1.17 bits per heavy atom. The molecular weight excluding hydrogens is 304 g/mol. The van der Waals surface area contributed by atoms with Crippen LogP contribution in [0.2, 0.25) is 0 Å². The monoisotopic (exact) mass is 326 g/mol. The molecule has 6 aliphatic rings. The van der Waals surface area contributed by atoms with Gasteiger partial charge in [0.25, 0.3) is 0 Å². The smallest absolute Gasteiger partial charge is 0.316 e. The van der Waals surface area contributed by atoms with Gasteiger partial charge in [-0.2, -0.15) is 0 Å². The molecule has 0 N–H and O–H groups in total. The van der Waals surface area contributed by atoms with Gasteiger partial charge in [0.05, 0.1) is 10.8 Å². The fraction of sp³-hybridized carbons (Fsp3) is 0.650. The van der Waals surface area contributed by atoms with Crippen molar-refractivity contribution in [1.29, 1.82) is 0 Å². The average Bonchev–Trinajstić information content (AvgIpc) is 2.57. The highest BCUT2D eigenvalue weighted by atomic mass is 16.5. The van der Waals surface area contributed by atoms with E-state index in [9.17, 15) is 14.4 Å². The van der Waals surface area contributed by atoms with Gasteiger partial charge in [0.1, 0.15) is 6.61 Å². The van der Waals surface area contributed by atoms with E-state index in [-0.39, 0.29) is 34.8 Å². The number of carbonyl (C=O) groups is 3. The maximum Gasteiger partial charge on any atom is 0.316 e. The molecule has 0 aromatic rings. The number of hydrogen-bond acceptors (Lipinski definition) is 4. The third-order valence-electron chi connectivity index (χ3n) is 7.82. The molecule has 24 heavy (non-hydrogen) atoms. The first-order valence-electron chi connectivity index (χ1n) is 9.04. The van der Waals surface area contributed by atoms with Crippen molar-refractivity contribution < 1.29 is 19.1 Å². The Labute approximate surface area is 141 Å². The van der Waals surface area contributed by atoms with Crippen molar-refractivity contribution in [1.82, 2.24) is 0 Å². The molecule has 1 spiro atoms. The van der Waals surface area contributed by atoms with E-state index in [1.807, 2.05) is 0 Å². The summed E-state index contributed by atoms with van der Waals surface area (Å²) in [6, 6.07) is 0. The molecule has 0 radical (unpaired) electrons. The van der Waals surface area contributed by atoms with Crippen molar-refractivity contribution in [2.45, 2.75) is 45.4 Å². The van der Waals surface area contributed by atoms with Gasteiger partial charge >= 0.3 is 5.97 Å². The van der Waals surface area contributed by atoms with Crippen LogP contribution in [-0.2, 0) is 19.1 Å². The van der Waals surface area contributed by atoms with E-state index in [0.29, 0.717) is 25.0 Å². The molecule has 0 aromatic carbocycles. The first-order chi connectivity index (χ1) is 11.4. The summed E-state index contributed by atoms with van der Waals surface area (Å²) < 4.78 is 5.63. The number of ether oxygens (including phenoxy) is 1. The van der Waals surface area contributed by atoms with Crippen LogP contribution in [0.15, 0.2) is 23.8 Å². The minimum absolute atomic E-state index is 0.0785. The first kappa shape index (κ1) is 14.6. The minimum Gasteiger partial charge on any atom is -0.464 e. The summed E-state index contributed by atoms with van der Waals surface area (Å²) in [6.45, 7) is 6.43. The molecule has 0 aromatic heterocycles. The maximum absolute atomic E-state index is 13.2. The van der Waals surface area contributed by atoms with Crippen LogP contribution < -0.4 is 0 Å². The first-order valence-corrected chi connectivity index (χ1v) is 9.04. The number of cyclic esters (lactones) is 1.